The van der Waals surface area contributed by atoms with Crippen molar-refractivity contribution in [3.63, 3.8) is 0 Å². The highest BCUT2D eigenvalue weighted by molar-refractivity contribution is 6.01. The van der Waals surface area contributed by atoms with Crippen LogP contribution in [0.5, 0.6) is 0 Å². The van der Waals surface area contributed by atoms with Crippen LogP contribution in [0.1, 0.15) is 19.3 Å². The molecule has 1 fully saturated rings. The van der Waals surface area contributed by atoms with Gasteiger partial charge in [-0.05, 0) is 31.2 Å². The average Bonchev–Trinajstić information content (AvgIpc) is 3.22. The van der Waals surface area contributed by atoms with Crippen molar-refractivity contribution in [3.05, 3.63) is 24.8 Å². The minimum atomic E-state index is 0.0208. The highest BCUT2D eigenvalue weighted by Gasteiger charge is 2.28. The summed E-state index contributed by atoms with van der Waals surface area (Å²) in [6.45, 7) is 2.51. The van der Waals surface area contributed by atoms with Crippen LogP contribution < -0.4 is 10.2 Å². The zero-order valence-corrected chi connectivity index (χ0v) is 15.4. The van der Waals surface area contributed by atoms with E-state index in [0.29, 0.717) is 35.4 Å². The molecule has 3 aromatic heterocycles. The van der Waals surface area contributed by atoms with Crippen LogP contribution in [0, 0.1) is 5.92 Å². The number of ether oxygens (including phenoxy) is 1. The Balaban J connectivity index is 1.47. The fraction of sp³-hybridized carbons (Fsp3) is 0.421. The first-order chi connectivity index (χ1) is 13.8. The van der Waals surface area contributed by atoms with Crippen molar-refractivity contribution < 1.29 is 9.53 Å². The Bertz CT molecular complexity index is 1010. The van der Waals surface area contributed by atoms with Gasteiger partial charge in [0.1, 0.15) is 0 Å². The Morgan fingerprint density at radius 1 is 1.21 bits per heavy atom. The number of pyridine rings is 1. The molecule has 1 amide bonds. The first-order valence-corrected chi connectivity index (χ1v) is 9.57. The summed E-state index contributed by atoms with van der Waals surface area (Å²) >= 11 is 0. The predicted octanol–water partition coefficient (Wildman–Crippen LogP) is 1.99. The molecule has 0 atom stereocenters. The number of rotatable bonds is 4. The van der Waals surface area contributed by atoms with E-state index in [4.69, 9.17) is 9.72 Å². The number of hydrogen-bond acceptors (Lipinski definition) is 7. The standard InChI is InChI=1S/C19H21N7O2/c27-15-10-22-18-19(26(15)6-2-12-3-7-28-8-4-12)25-14(9-21-18)13-1-5-20-17-16(13)23-11-24-17/h1,5,9,11-12H,2-4,6-8,10H2,(H,21,22)(H,20,23,24). The normalized spacial score (nSPS) is 17.6. The number of aromatic amines is 1. The highest BCUT2D eigenvalue weighted by atomic mass is 16.5. The molecular formula is C19H21N7O2. The number of aromatic nitrogens is 5. The van der Waals surface area contributed by atoms with Gasteiger partial charge in [0.15, 0.2) is 17.3 Å². The van der Waals surface area contributed by atoms with Crippen molar-refractivity contribution in [2.45, 2.75) is 19.3 Å². The first kappa shape index (κ1) is 17.1. The average molecular weight is 379 g/mol. The number of carbonyl (C=O) groups is 1. The fourth-order valence-corrected chi connectivity index (χ4v) is 3.83. The Hall–Kier alpha value is -3.07. The molecule has 5 rings (SSSR count). The van der Waals surface area contributed by atoms with Gasteiger partial charge in [0, 0.05) is 31.5 Å². The van der Waals surface area contributed by atoms with Gasteiger partial charge in [0.05, 0.1) is 30.3 Å². The second-order valence-corrected chi connectivity index (χ2v) is 7.13. The molecule has 0 saturated carbocycles. The SMILES string of the molecule is O=C1CNc2ncc(-c3ccnc4nc[nH]c34)nc2N1CCC1CCOCC1. The molecule has 9 heteroatoms. The van der Waals surface area contributed by atoms with Crippen molar-refractivity contribution in [1.29, 1.82) is 0 Å². The number of nitrogens with one attached hydrogen (secondary N) is 2. The minimum absolute atomic E-state index is 0.0208. The van der Waals surface area contributed by atoms with Gasteiger partial charge in [-0.15, -0.1) is 0 Å². The molecule has 9 nitrogen and oxygen atoms in total. The van der Waals surface area contributed by atoms with Gasteiger partial charge < -0.3 is 15.0 Å². The molecule has 2 aliphatic heterocycles. The molecule has 5 heterocycles. The molecule has 0 radical (unpaired) electrons. The van der Waals surface area contributed by atoms with E-state index >= 15 is 0 Å². The maximum absolute atomic E-state index is 12.6. The number of amides is 1. The third kappa shape index (κ3) is 3.07. The third-order valence-corrected chi connectivity index (χ3v) is 5.42. The Kier molecular flexibility index (Phi) is 4.36. The molecule has 0 aliphatic carbocycles. The van der Waals surface area contributed by atoms with Crippen molar-refractivity contribution in [2.24, 2.45) is 5.92 Å². The molecule has 0 aromatic carbocycles. The zero-order valence-electron chi connectivity index (χ0n) is 15.4. The largest absolute Gasteiger partial charge is 0.381 e. The number of carbonyl (C=O) groups excluding carboxylic acids is 1. The summed E-state index contributed by atoms with van der Waals surface area (Å²) < 4.78 is 5.44. The lowest BCUT2D eigenvalue weighted by molar-refractivity contribution is -0.117. The van der Waals surface area contributed by atoms with E-state index in [-0.39, 0.29) is 12.5 Å². The van der Waals surface area contributed by atoms with Crippen LogP contribution in [0.2, 0.25) is 0 Å². The number of imidazole rings is 1. The van der Waals surface area contributed by atoms with E-state index in [1.54, 1.807) is 23.6 Å². The van der Waals surface area contributed by atoms with Crippen LogP contribution in [0.15, 0.2) is 24.8 Å². The lowest BCUT2D eigenvalue weighted by Crippen LogP contribution is -2.42. The summed E-state index contributed by atoms with van der Waals surface area (Å²) in [6, 6.07) is 1.88. The molecule has 3 aromatic rings. The van der Waals surface area contributed by atoms with Gasteiger partial charge in [-0.2, -0.15) is 0 Å². The Morgan fingerprint density at radius 2 is 2.11 bits per heavy atom. The van der Waals surface area contributed by atoms with Crippen LogP contribution in [0.3, 0.4) is 0 Å². The van der Waals surface area contributed by atoms with E-state index in [1.807, 2.05) is 6.07 Å². The predicted molar refractivity (Wildman–Crippen MR) is 104 cm³/mol. The zero-order chi connectivity index (χ0) is 18.9. The minimum Gasteiger partial charge on any atom is -0.381 e. The molecule has 0 spiro atoms. The van der Waals surface area contributed by atoms with Crippen LogP contribution in [0.25, 0.3) is 22.4 Å². The Morgan fingerprint density at radius 3 is 3.00 bits per heavy atom. The van der Waals surface area contributed by atoms with Crippen molar-refractivity contribution in [1.82, 2.24) is 24.9 Å². The van der Waals surface area contributed by atoms with Crippen molar-refractivity contribution in [3.8, 4) is 11.3 Å². The lowest BCUT2D eigenvalue weighted by Gasteiger charge is -2.30. The second kappa shape index (κ2) is 7.16. The number of H-pyrrole nitrogens is 1. The van der Waals surface area contributed by atoms with Gasteiger partial charge in [-0.3, -0.25) is 9.69 Å². The van der Waals surface area contributed by atoms with Crippen molar-refractivity contribution in [2.75, 3.05) is 36.5 Å². The lowest BCUT2D eigenvalue weighted by atomic mass is 9.96. The summed E-state index contributed by atoms with van der Waals surface area (Å²) in [5, 5.41) is 3.07. The molecule has 1 saturated heterocycles. The van der Waals surface area contributed by atoms with Gasteiger partial charge >= 0.3 is 0 Å². The number of anilines is 2. The van der Waals surface area contributed by atoms with E-state index < -0.39 is 0 Å². The Labute approximate surface area is 161 Å². The van der Waals surface area contributed by atoms with Crippen LogP contribution >= 0.6 is 0 Å². The highest BCUT2D eigenvalue weighted by Crippen LogP contribution is 2.31. The summed E-state index contributed by atoms with van der Waals surface area (Å²) in [4.78, 5) is 35.2. The van der Waals surface area contributed by atoms with Crippen LogP contribution in [-0.2, 0) is 9.53 Å². The fourth-order valence-electron chi connectivity index (χ4n) is 3.83. The monoisotopic (exact) mass is 379 g/mol. The first-order valence-electron chi connectivity index (χ1n) is 9.57. The molecule has 2 N–H and O–H groups in total. The third-order valence-electron chi connectivity index (χ3n) is 5.42. The van der Waals surface area contributed by atoms with Crippen molar-refractivity contribution >= 4 is 28.7 Å². The maximum atomic E-state index is 12.6. The maximum Gasteiger partial charge on any atom is 0.247 e. The van der Waals surface area contributed by atoms with Gasteiger partial charge in [-0.25, -0.2) is 19.9 Å². The van der Waals surface area contributed by atoms with E-state index in [0.717, 1.165) is 43.6 Å². The summed E-state index contributed by atoms with van der Waals surface area (Å²) in [5.41, 5.74) is 2.98. The molecule has 2 aliphatic rings. The topological polar surface area (TPSA) is 109 Å². The van der Waals surface area contributed by atoms with Gasteiger partial charge in [0.25, 0.3) is 0 Å². The number of fused-ring (bicyclic) bond motifs is 2. The van der Waals surface area contributed by atoms with Crippen LogP contribution in [-0.4, -0.2) is 57.1 Å². The molecule has 0 bridgehead atoms. The number of nitrogens with zero attached hydrogens (tertiary/aromatic N) is 5. The molecule has 0 unspecified atom stereocenters. The van der Waals surface area contributed by atoms with E-state index in [2.05, 4.69) is 25.3 Å². The van der Waals surface area contributed by atoms with Gasteiger partial charge in [0.2, 0.25) is 5.91 Å². The van der Waals surface area contributed by atoms with Crippen LogP contribution in [0.4, 0.5) is 11.6 Å². The second-order valence-electron chi connectivity index (χ2n) is 7.13. The summed E-state index contributed by atoms with van der Waals surface area (Å²) in [5.74, 6) is 1.84. The van der Waals surface area contributed by atoms with E-state index in [9.17, 15) is 4.79 Å². The quantitative estimate of drug-likeness (QED) is 0.713. The summed E-state index contributed by atoms with van der Waals surface area (Å²) in [7, 11) is 0. The number of hydrogen-bond donors (Lipinski definition) is 2. The summed E-state index contributed by atoms with van der Waals surface area (Å²) in [6.07, 6.45) is 8.07. The van der Waals surface area contributed by atoms with Gasteiger partial charge in [-0.1, -0.05) is 0 Å². The molecular weight excluding hydrogens is 358 g/mol. The molecule has 144 valence electrons. The molecule has 28 heavy (non-hydrogen) atoms. The van der Waals surface area contributed by atoms with E-state index in [1.165, 1.54) is 0 Å². The smallest absolute Gasteiger partial charge is 0.247 e.